The Bertz CT molecular complexity index is 989. The van der Waals surface area contributed by atoms with Crippen molar-refractivity contribution in [1.82, 2.24) is 19.1 Å². The van der Waals surface area contributed by atoms with Crippen molar-refractivity contribution in [3.63, 3.8) is 0 Å². The Labute approximate surface area is 154 Å². The first kappa shape index (κ1) is 20.4. The highest BCUT2D eigenvalue weighted by Gasteiger charge is 2.28. The maximum absolute atomic E-state index is 12.8. The summed E-state index contributed by atoms with van der Waals surface area (Å²) in [7, 11) is 0. The fourth-order valence-corrected chi connectivity index (χ4v) is 2.26. The van der Waals surface area contributed by atoms with Gasteiger partial charge in [-0.2, -0.15) is 0 Å². The summed E-state index contributed by atoms with van der Waals surface area (Å²) in [6, 6.07) is 0. The number of hydrogen-bond donors (Lipinski definition) is 2. The standard InChI is InChI=1S/C17H24N4O6/c1-16(2,3)14(25)27-9-21-11-10(18-8-19-11)12(22)20(15(21)26)7-6-17(4,5)13(23)24/h8H,6-7,9H2,1-5H3,(H,18,19)(H,23,24). The molecule has 0 unspecified atom stereocenters. The molecule has 0 aliphatic heterocycles. The number of esters is 1. The van der Waals surface area contributed by atoms with Gasteiger partial charge in [-0.15, -0.1) is 0 Å². The number of carbonyl (C=O) groups is 2. The molecular weight excluding hydrogens is 356 g/mol. The van der Waals surface area contributed by atoms with Crippen molar-refractivity contribution < 1.29 is 19.4 Å². The highest BCUT2D eigenvalue weighted by molar-refractivity contribution is 5.75. The topological polar surface area (TPSA) is 136 Å². The SMILES string of the molecule is CC(C)(C)C(=O)OCn1c(=O)n(CCC(C)(C)C(=O)O)c(=O)c2[nH]cnc21. The largest absolute Gasteiger partial charge is 0.481 e. The van der Waals surface area contributed by atoms with Gasteiger partial charge in [0.15, 0.2) is 12.4 Å². The molecule has 0 aromatic carbocycles. The number of carboxylic acid groups (broad SMARTS) is 1. The van der Waals surface area contributed by atoms with E-state index < -0.39 is 40.7 Å². The van der Waals surface area contributed by atoms with Gasteiger partial charge in [-0.1, -0.05) is 0 Å². The van der Waals surface area contributed by atoms with Gasteiger partial charge in [0.1, 0.15) is 5.52 Å². The van der Waals surface area contributed by atoms with Gasteiger partial charge in [0.2, 0.25) is 0 Å². The molecule has 0 bridgehead atoms. The fraction of sp³-hybridized carbons (Fsp3) is 0.588. The summed E-state index contributed by atoms with van der Waals surface area (Å²) in [4.78, 5) is 55.3. The van der Waals surface area contributed by atoms with E-state index in [1.54, 1.807) is 20.8 Å². The third-order valence-electron chi connectivity index (χ3n) is 4.27. The first-order chi connectivity index (χ1) is 12.4. The highest BCUT2D eigenvalue weighted by Crippen LogP contribution is 2.21. The van der Waals surface area contributed by atoms with Crippen LogP contribution in [0.1, 0.15) is 41.0 Å². The van der Waals surface area contributed by atoms with Crippen molar-refractivity contribution in [3.05, 3.63) is 27.2 Å². The fourth-order valence-electron chi connectivity index (χ4n) is 2.26. The molecule has 148 valence electrons. The molecule has 2 aromatic heterocycles. The van der Waals surface area contributed by atoms with E-state index in [-0.39, 0.29) is 24.1 Å². The Morgan fingerprint density at radius 2 is 1.81 bits per heavy atom. The number of imidazole rings is 1. The molecular formula is C17H24N4O6. The summed E-state index contributed by atoms with van der Waals surface area (Å²) in [6.45, 7) is 7.56. The summed E-state index contributed by atoms with van der Waals surface area (Å²) in [5, 5.41) is 9.23. The molecule has 2 heterocycles. The maximum atomic E-state index is 12.8. The van der Waals surface area contributed by atoms with E-state index in [9.17, 15) is 24.3 Å². The van der Waals surface area contributed by atoms with Gasteiger partial charge >= 0.3 is 17.6 Å². The third kappa shape index (κ3) is 4.09. The van der Waals surface area contributed by atoms with Gasteiger partial charge in [-0.3, -0.25) is 19.0 Å². The lowest BCUT2D eigenvalue weighted by atomic mass is 9.90. The first-order valence-corrected chi connectivity index (χ1v) is 8.43. The van der Waals surface area contributed by atoms with Crippen molar-refractivity contribution in [3.8, 4) is 0 Å². The van der Waals surface area contributed by atoms with Gasteiger partial charge in [0.25, 0.3) is 5.56 Å². The lowest BCUT2D eigenvalue weighted by Crippen LogP contribution is -2.42. The minimum Gasteiger partial charge on any atom is -0.481 e. The Hall–Kier alpha value is -2.91. The molecule has 0 spiro atoms. The number of nitrogens with one attached hydrogen (secondary N) is 1. The molecule has 0 aliphatic carbocycles. The normalized spacial score (nSPS) is 12.3. The number of hydrogen-bond acceptors (Lipinski definition) is 6. The first-order valence-electron chi connectivity index (χ1n) is 8.43. The van der Waals surface area contributed by atoms with Crippen molar-refractivity contribution in [2.45, 2.75) is 54.3 Å². The van der Waals surface area contributed by atoms with Crippen LogP contribution in [-0.2, 0) is 27.6 Å². The van der Waals surface area contributed by atoms with Crippen LogP contribution in [0.2, 0.25) is 0 Å². The molecule has 0 aliphatic rings. The second kappa shape index (κ2) is 7.01. The second-order valence-electron chi connectivity index (χ2n) is 8.02. The molecule has 0 amide bonds. The number of carbonyl (C=O) groups excluding carboxylic acids is 1. The number of aromatic amines is 1. The van der Waals surface area contributed by atoms with Crippen LogP contribution in [0.4, 0.5) is 0 Å². The average Bonchev–Trinajstić information content (AvgIpc) is 3.02. The Balaban J connectivity index is 2.45. The van der Waals surface area contributed by atoms with E-state index in [1.807, 2.05) is 0 Å². The number of aliphatic carboxylic acids is 1. The smallest absolute Gasteiger partial charge is 0.335 e. The number of ether oxygens (including phenoxy) is 1. The van der Waals surface area contributed by atoms with Crippen molar-refractivity contribution in [1.29, 1.82) is 0 Å². The Morgan fingerprint density at radius 1 is 1.19 bits per heavy atom. The lowest BCUT2D eigenvalue weighted by molar-refractivity contribution is -0.157. The monoisotopic (exact) mass is 380 g/mol. The molecule has 0 atom stereocenters. The van der Waals surface area contributed by atoms with Crippen LogP contribution in [0, 0.1) is 10.8 Å². The van der Waals surface area contributed by atoms with E-state index >= 15 is 0 Å². The lowest BCUT2D eigenvalue weighted by Gasteiger charge is -2.20. The van der Waals surface area contributed by atoms with Crippen LogP contribution in [0.25, 0.3) is 11.2 Å². The van der Waals surface area contributed by atoms with Gasteiger partial charge < -0.3 is 14.8 Å². The summed E-state index contributed by atoms with van der Waals surface area (Å²) < 4.78 is 7.19. The molecule has 0 saturated heterocycles. The van der Waals surface area contributed by atoms with E-state index in [2.05, 4.69) is 9.97 Å². The Morgan fingerprint density at radius 3 is 2.37 bits per heavy atom. The molecule has 0 radical (unpaired) electrons. The number of carboxylic acids is 1. The van der Waals surface area contributed by atoms with E-state index in [0.717, 1.165) is 9.13 Å². The molecule has 0 saturated carbocycles. The van der Waals surface area contributed by atoms with Crippen molar-refractivity contribution in [2.24, 2.45) is 10.8 Å². The molecule has 10 nitrogen and oxygen atoms in total. The van der Waals surface area contributed by atoms with Crippen molar-refractivity contribution in [2.75, 3.05) is 0 Å². The second-order valence-corrected chi connectivity index (χ2v) is 8.02. The maximum Gasteiger partial charge on any atom is 0.335 e. The van der Waals surface area contributed by atoms with Crippen LogP contribution in [0.3, 0.4) is 0 Å². The average molecular weight is 380 g/mol. The molecule has 10 heteroatoms. The van der Waals surface area contributed by atoms with Gasteiger partial charge in [0.05, 0.1) is 17.2 Å². The molecule has 2 N–H and O–H groups in total. The van der Waals surface area contributed by atoms with E-state index in [0.29, 0.717) is 0 Å². The minimum atomic E-state index is -1.11. The zero-order valence-electron chi connectivity index (χ0n) is 16.0. The molecule has 0 fully saturated rings. The number of nitrogens with zero attached hydrogens (tertiary/aromatic N) is 3. The third-order valence-corrected chi connectivity index (χ3v) is 4.27. The van der Waals surface area contributed by atoms with Gasteiger partial charge in [-0.05, 0) is 41.0 Å². The number of rotatable bonds is 6. The molecule has 2 aromatic rings. The number of fused-ring (bicyclic) bond motifs is 1. The quantitative estimate of drug-likeness (QED) is 0.711. The summed E-state index contributed by atoms with van der Waals surface area (Å²) in [5.41, 5.74) is -3.04. The van der Waals surface area contributed by atoms with E-state index in [4.69, 9.17) is 4.74 Å². The summed E-state index contributed by atoms with van der Waals surface area (Å²) in [5.74, 6) is -1.54. The zero-order chi connectivity index (χ0) is 20.6. The van der Waals surface area contributed by atoms with Crippen LogP contribution >= 0.6 is 0 Å². The van der Waals surface area contributed by atoms with Gasteiger partial charge in [-0.25, -0.2) is 14.3 Å². The predicted octanol–water partition coefficient (Wildman–Crippen LogP) is 0.934. The summed E-state index contributed by atoms with van der Waals surface area (Å²) in [6.07, 6.45) is 1.33. The van der Waals surface area contributed by atoms with Crippen molar-refractivity contribution >= 4 is 23.1 Å². The van der Waals surface area contributed by atoms with Gasteiger partial charge in [0, 0.05) is 6.54 Å². The number of H-pyrrole nitrogens is 1. The number of aromatic nitrogens is 4. The Kier molecular flexibility index (Phi) is 5.30. The van der Waals surface area contributed by atoms with E-state index in [1.165, 1.54) is 20.2 Å². The predicted molar refractivity (Wildman–Crippen MR) is 96.2 cm³/mol. The zero-order valence-corrected chi connectivity index (χ0v) is 16.0. The van der Waals surface area contributed by atoms with Crippen LogP contribution < -0.4 is 11.2 Å². The minimum absolute atomic E-state index is 0.0684. The van der Waals surface area contributed by atoms with Crippen LogP contribution in [-0.4, -0.2) is 36.1 Å². The molecule has 27 heavy (non-hydrogen) atoms. The van der Waals surface area contributed by atoms with Crippen LogP contribution in [0.5, 0.6) is 0 Å². The van der Waals surface area contributed by atoms with Crippen LogP contribution in [0.15, 0.2) is 15.9 Å². The summed E-state index contributed by atoms with van der Waals surface area (Å²) >= 11 is 0. The molecule has 2 rings (SSSR count). The highest BCUT2D eigenvalue weighted by atomic mass is 16.5.